The predicted octanol–water partition coefficient (Wildman–Crippen LogP) is 3.75. The lowest BCUT2D eigenvalue weighted by Gasteiger charge is -2.10. The predicted molar refractivity (Wildman–Crippen MR) is 120 cm³/mol. The van der Waals surface area contributed by atoms with Gasteiger partial charge in [0, 0.05) is 29.9 Å². The topological polar surface area (TPSA) is 88.9 Å². The van der Waals surface area contributed by atoms with Gasteiger partial charge in [0.1, 0.15) is 0 Å². The first kappa shape index (κ1) is 21.6. The Morgan fingerprint density at radius 2 is 1.87 bits per heavy atom. The summed E-state index contributed by atoms with van der Waals surface area (Å²) >= 11 is 1.34. The minimum absolute atomic E-state index is 0.164. The molecule has 0 spiro atoms. The molecule has 3 aromatic rings. The van der Waals surface area contributed by atoms with Crippen molar-refractivity contribution in [2.75, 3.05) is 17.6 Å². The fourth-order valence-corrected chi connectivity index (χ4v) is 3.83. The molecule has 2 amide bonds. The maximum Gasteiger partial charge on any atom is 0.251 e. The standard InChI is InChI=1S/C22H25N5O2S/c1-4-23-21(29)16-10-8-11-17(13-16)24-19(28)14-30-22-26-25-20(27(22)5-2)18-12-7-6-9-15(18)3/h6-13H,4-5,14H2,1-3H3,(H,23,29)(H,24,28). The number of amides is 2. The molecule has 1 aromatic heterocycles. The third-order valence-electron chi connectivity index (χ3n) is 4.50. The van der Waals surface area contributed by atoms with E-state index in [1.807, 2.05) is 49.6 Å². The van der Waals surface area contributed by atoms with Crippen molar-refractivity contribution in [1.82, 2.24) is 20.1 Å². The Balaban J connectivity index is 1.66. The highest BCUT2D eigenvalue weighted by Gasteiger charge is 2.16. The first-order chi connectivity index (χ1) is 14.5. The molecule has 7 nitrogen and oxygen atoms in total. The van der Waals surface area contributed by atoms with E-state index in [0.717, 1.165) is 17.0 Å². The zero-order chi connectivity index (χ0) is 21.5. The highest BCUT2D eigenvalue weighted by atomic mass is 32.2. The first-order valence-corrected chi connectivity index (χ1v) is 10.8. The molecule has 2 N–H and O–H groups in total. The van der Waals surface area contributed by atoms with E-state index in [0.29, 0.717) is 29.5 Å². The number of rotatable bonds is 8. The largest absolute Gasteiger partial charge is 0.352 e. The summed E-state index contributed by atoms with van der Waals surface area (Å²) in [4.78, 5) is 24.4. The van der Waals surface area contributed by atoms with Crippen LogP contribution in [0.2, 0.25) is 0 Å². The van der Waals surface area contributed by atoms with Gasteiger partial charge < -0.3 is 15.2 Å². The number of aryl methyl sites for hydroxylation is 1. The second-order valence-corrected chi connectivity index (χ2v) is 7.58. The Bertz CT molecular complexity index is 1050. The number of carbonyl (C=O) groups excluding carboxylic acids is 2. The van der Waals surface area contributed by atoms with Gasteiger partial charge in [-0.15, -0.1) is 10.2 Å². The van der Waals surface area contributed by atoms with E-state index in [1.165, 1.54) is 11.8 Å². The third kappa shape index (κ3) is 5.07. The lowest BCUT2D eigenvalue weighted by atomic mass is 10.1. The molecule has 0 saturated carbocycles. The van der Waals surface area contributed by atoms with E-state index < -0.39 is 0 Å². The van der Waals surface area contributed by atoms with E-state index >= 15 is 0 Å². The van der Waals surface area contributed by atoms with Gasteiger partial charge in [-0.05, 0) is 44.5 Å². The van der Waals surface area contributed by atoms with Crippen LogP contribution in [0.3, 0.4) is 0 Å². The quantitative estimate of drug-likeness (QED) is 0.539. The molecular formula is C22H25N5O2S. The number of benzene rings is 2. The summed E-state index contributed by atoms with van der Waals surface area (Å²) in [5, 5.41) is 14.9. The minimum Gasteiger partial charge on any atom is -0.352 e. The molecule has 8 heteroatoms. The fraction of sp³-hybridized carbons (Fsp3) is 0.273. The molecule has 0 aliphatic heterocycles. The van der Waals surface area contributed by atoms with Gasteiger partial charge in [0.15, 0.2) is 11.0 Å². The van der Waals surface area contributed by atoms with Crippen LogP contribution in [0, 0.1) is 6.92 Å². The van der Waals surface area contributed by atoms with Crippen molar-refractivity contribution in [3.8, 4) is 11.4 Å². The van der Waals surface area contributed by atoms with E-state index in [-0.39, 0.29) is 17.6 Å². The number of aromatic nitrogens is 3. The van der Waals surface area contributed by atoms with Crippen molar-refractivity contribution in [1.29, 1.82) is 0 Å². The molecule has 2 aromatic carbocycles. The molecule has 3 rings (SSSR count). The van der Waals surface area contributed by atoms with Gasteiger partial charge in [-0.3, -0.25) is 9.59 Å². The molecule has 1 heterocycles. The van der Waals surface area contributed by atoms with Gasteiger partial charge in [-0.25, -0.2) is 0 Å². The Morgan fingerprint density at radius 3 is 2.60 bits per heavy atom. The Morgan fingerprint density at radius 1 is 1.07 bits per heavy atom. The van der Waals surface area contributed by atoms with Crippen LogP contribution >= 0.6 is 11.8 Å². The Labute approximate surface area is 180 Å². The zero-order valence-corrected chi connectivity index (χ0v) is 18.1. The van der Waals surface area contributed by atoms with Crippen LogP contribution in [0.4, 0.5) is 5.69 Å². The van der Waals surface area contributed by atoms with Gasteiger partial charge >= 0.3 is 0 Å². The van der Waals surface area contributed by atoms with Gasteiger partial charge in [0.2, 0.25) is 5.91 Å². The summed E-state index contributed by atoms with van der Waals surface area (Å²) in [7, 11) is 0. The van der Waals surface area contributed by atoms with Gasteiger partial charge in [0.25, 0.3) is 5.91 Å². The number of nitrogens with one attached hydrogen (secondary N) is 2. The first-order valence-electron chi connectivity index (χ1n) is 9.83. The molecule has 0 unspecified atom stereocenters. The van der Waals surface area contributed by atoms with Crippen LogP contribution in [0.1, 0.15) is 29.8 Å². The normalized spacial score (nSPS) is 10.6. The Hall–Kier alpha value is -3.13. The second kappa shape index (κ2) is 10.1. The van der Waals surface area contributed by atoms with Crippen LogP contribution in [-0.2, 0) is 11.3 Å². The van der Waals surface area contributed by atoms with Crippen LogP contribution in [0.5, 0.6) is 0 Å². The highest BCUT2D eigenvalue weighted by molar-refractivity contribution is 7.99. The van der Waals surface area contributed by atoms with Crippen molar-refractivity contribution in [3.63, 3.8) is 0 Å². The van der Waals surface area contributed by atoms with E-state index in [1.54, 1.807) is 24.3 Å². The average Bonchev–Trinajstić information content (AvgIpc) is 3.15. The summed E-state index contributed by atoms with van der Waals surface area (Å²) in [6.45, 7) is 7.19. The maximum absolute atomic E-state index is 12.4. The Kier molecular flexibility index (Phi) is 7.24. The molecule has 0 radical (unpaired) electrons. The number of hydrogen-bond acceptors (Lipinski definition) is 5. The molecule has 0 aliphatic rings. The molecule has 156 valence electrons. The SMILES string of the molecule is CCNC(=O)c1cccc(NC(=O)CSc2nnc(-c3ccccc3C)n2CC)c1. The molecule has 0 saturated heterocycles. The lowest BCUT2D eigenvalue weighted by molar-refractivity contribution is -0.113. The molecule has 0 atom stereocenters. The lowest BCUT2D eigenvalue weighted by Crippen LogP contribution is -2.23. The monoisotopic (exact) mass is 423 g/mol. The number of nitrogens with zero attached hydrogens (tertiary/aromatic N) is 3. The van der Waals surface area contributed by atoms with Crippen molar-refractivity contribution in [2.24, 2.45) is 0 Å². The minimum atomic E-state index is -0.170. The molecule has 0 bridgehead atoms. The number of hydrogen-bond donors (Lipinski definition) is 2. The smallest absolute Gasteiger partial charge is 0.251 e. The summed E-state index contributed by atoms with van der Waals surface area (Å²) < 4.78 is 2.01. The van der Waals surface area contributed by atoms with Gasteiger partial charge in [0.05, 0.1) is 5.75 Å². The molecule has 0 aliphatic carbocycles. The van der Waals surface area contributed by atoms with Crippen molar-refractivity contribution in [3.05, 3.63) is 59.7 Å². The molecule has 30 heavy (non-hydrogen) atoms. The summed E-state index contributed by atoms with van der Waals surface area (Å²) in [5.74, 6) is 0.657. The number of carbonyl (C=O) groups is 2. The molecular weight excluding hydrogens is 398 g/mol. The van der Waals surface area contributed by atoms with Crippen LogP contribution in [-0.4, -0.2) is 38.9 Å². The molecule has 0 fully saturated rings. The zero-order valence-electron chi connectivity index (χ0n) is 17.3. The summed E-state index contributed by atoms with van der Waals surface area (Å²) in [5.41, 5.74) is 3.25. The van der Waals surface area contributed by atoms with Crippen molar-refractivity contribution < 1.29 is 9.59 Å². The maximum atomic E-state index is 12.4. The summed E-state index contributed by atoms with van der Waals surface area (Å²) in [6, 6.07) is 14.9. The van der Waals surface area contributed by atoms with Crippen LogP contribution in [0.15, 0.2) is 53.7 Å². The average molecular weight is 424 g/mol. The van der Waals surface area contributed by atoms with E-state index in [2.05, 4.69) is 20.8 Å². The van der Waals surface area contributed by atoms with Gasteiger partial charge in [-0.2, -0.15) is 0 Å². The highest BCUT2D eigenvalue weighted by Crippen LogP contribution is 2.26. The fourth-order valence-electron chi connectivity index (χ4n) is 3.03. The van der Waals surface area contributed by atoms with Crippen LogP contribution in [0.25, 0.3) is 11.4 Å². The van der Waals surface area contributed by atoms with Crippen LogP contribution < -0.4 is 10.6 Å². The van der Waals surface area contributed by atoms with E-state index in [9.17, 15) is 9.59 Å². The van der Waals surface area contributed by atoms with Gasteiger partial charge in [-0.1, -0.05) is 42.1 Å². The number of thioether (sulfide) groups is 1. The second-order valence-electron chi connectivity index (χ2n) is 6.64. The van der Waals surface area contributed by atoms with Crippen molar-refractivity contribution in [2.45, 2.75) is 32.5 Å². The van der Waals surface area contributed by atoms with E-state index in [4.69, 9.17) is 0 Å². The third-order valence-corrected chi connectivity index (χ3v) is 5.46. The number of anilines is 1. The summed E-state index contributed by atoms with van der Waals surface area (Å²) in [6.07, 6.45) is 0. The van der Waals surface area contributed by atoms with Crippen molar-refractivity contribution >= 4 is 29.3 Å².